The first-order valence-electron chi connectivity index (χ1n) is 3.18. The van der Waals surface area contributed by atoms with Gasteiger partial charge >= 0.3 is 0 Å². The SMILES string of the molecule is FC(F)c1cccc2c1C2. The van der Waals surface area contributed by atoms with Crippen LogP contribution in [0.2, 0.25) is 0 Å². The average Bonchev–Trinajstić information content (AvgIpc) is 2.63. The van der Waals surface area contributed by atoms with Crippen molar-refractivity contribution < 1.29 is 8.78 Å². The molecule has 0 bridgehead atoms. The number of alkyl halides is 2. The highest BCUT2D eigenvalue weighted by molar-refractivity contribution is 5.50. The molecule has 52 valence electrons. The monoisotopic (exact) mass is 140 g/mol. The van der Waals surface area contributed by atoms with Crippen molar-refractivity contribution in [2.24, 2.45) is 0 Å². The first-order chi connectivity index (χ1) is 4.79. The number of fused-ring (bicyclic) bond motifs is 1. The Kier molecular flexibility index (Phi) is 1.04. The minimum Gasteiger partial charge on any atom is -0.205 e. The maximum Gasteiger partial charge on any atom is 0.264 e. The molecular weight excluding hydrogens is 134 g/mol. The highest BCUT2D eigenvalue weighted by atomic mass is 19.3. The molecule has 1 aliphatic carbocycles. The fraction of sp³-hybridized carbons (Fsp3) is 0.250. The van der Waals surface area contributed by atoms with Crippen LogP contribution in [0.25, 0.3) is 0 Å². The number of rotatable bonds is 1. The third kappa shape index (κ3) is 0.719. The average molecular weight is 140 g/mol. The fourth-order valence-corrected chi connectivity index (χ4v) is 1.17. The quantitative estimate of drug-likeness (QED) is 0.571. The Morgan fingerprint density at radius 2 is 2.10 bits per heavy atom. The van der Waals surface area contributed by atoms with Crippen LogP contribution in [-0.4, -0.2) is 0 Å². The predicted molar refractivity (Wildman–Crippen MR) is 34.2 cm³/mol. The molecule has 0 atom stereocenters. The van der Waals surface area contributed by atoms with Crippen molar-refractivity contribution in [3.05, 3.63) is 34.9 Å². The van der Waals surface area contributed by atoms with E-state index in [1.807, 2.05) is 6.07 Å². The summed E-state index contributed by atoms with van der Waals surface area (Å²) in [5, 5.41) is 0. The minimum absolute atomic E-state index is 0.220. The lowest BCUT2D eigenvalue weighted by molar-refractivity contribution is 0.151. The molecule has 1 aliphatic rings. The zero-order valence-electron chi connectivity index (χ0n) is 5.27. The summed E-state index contributed by atoms with van der Waals surface area (Å²) in [6.45, 7) is 0. The molecule has 0 N–H and O–H groups in total. The van der Waals surface area contributed by atoms with E-state index in [0.29, 0.717) is 0 Å². The summed E-state index contributed by atoms with van der Waals surface area (Å²) in [6, 6.07) is 5.07. The van der Waals surface area contributed by atoms with Crippen molar-refractivity contribution >= 4 is 0 Å². The molecule has 0 spiro atoms. The summed E-state index contributed by atoms with van der Waals surface area (Å²) < 4.78 is 24.1. The molecule has 0 aromatic heterocycles. The van der Waals surface area contributed by atoms with Crippen molar-refractivity contribution in [3.8, 4) is 0 Å². The molecule has 0 amide bonds. The van der Waals surface area contributed by atoms with Gasteiger partial charge < -0.3 is 0 Å². The van der Waals surface area contributed by atoms with Gasteiger partial charge in [-0.15, -0.1) is 0 Å². The summed E-state index contributed by atoms with van der Waals surface area (Å²) in [5.74, 6) is 0. The van der Waals surface area contributed by atoms with Crippen molar-refractivity contribution in [2.45, 2.75) is 12.8 Å². The summed E-state index contributed by atoms with van der Waals surface area (Å²) >= 11 is 0. The summed E-state index contributed by atoms with van der Waals surface area (Å²) in [4.78, 5) is 0. The Hall–Kier alpha value is -0.920. The molecule has 0 saturated carbocycles. The van der Waals surface area contributed by atoms with Crippen LogP contribution in [-0.2, 0) is 6.42 Å². The van der Waals surface area contributed by atoms with Crippen molar-refractivity contribution in [1.82, 2.24) is 0 Å². The van der Waals surface area contributed by atoms with Gasteiger partial charge in [0.25, 0.3) is 6.43 Å². The van der Waals surface area contributed by atoms with Crippen LogP contribution in [0.1, 0.15) is 23.1 Å². The topological polar surface area (TPSA) is 0 Å². The van der Waals surface area contributed by atoms with Crippen molar-refractivity contribution in [2.75, 3.05) is 0 Å². The number of benzene rings is 1. The molecule has 0 fully saturated rings. The Bertz CT molecular complexity index is 266. The van der Waals surface area contributed by atoms with E-state index < -0.39 is 6.43 Å². The van der Waals surface area contributed by atoms with Gasteiger partial charge in [0.15, 0.2) is 0 Å². The van der Waals surface area contributed by atoms with Gasteiger partial charge in [0.2, 0.25) is 0 Å². The standard InChI is InChI=1S/C8H6F2/c9-8(10)6-3-1-2-5-4-7(5)6/h1-3,8H,4H2. The van der Waals surface area contributed by atoms with E-state index in [9.17, 15) is 8.78 Å². The Labute approximate surface area is 57.5 Å². The van der Waals surface area contributed by atoms with E-state index in [4.69, 9.17) is 0 Å². The van der Waals surface area contributed by atoms with E-state index in [1.165, 1.54) is 6.07 Å². The lowest BCUT2D eigenvalue weighted by atomic mass is 10.2. The zero-order valence-corrected chi connectivity index (χ0v) is 5.27. The van der Waals surface area contributed by atoms with E-state index in [1.54, 1.807) is 6.07 Å². The number of hydrogen-bond donors (Lipinski definition) is 0. The first-order valence-corrected chi connectivity index (χ1v) is 3.18. The maximum atomic E-state index is 12.1. The second kappa shape index (κ2) is 1.78. The van der Waals surface area contributed by atoms with Gasteiger partial charge in [-0.25, -0.2) is 8.78 Å². The van der Waals surface area contributed by atoms with E-state index in [2.05, 4.69) is 0 Å². The lowest BCUT2D eigenvalue weighted by Crippen LogP contribution is -1.81. The number of halogens is 2. The third-order valence-corrected chi connectivity index (χ3v) is 1.79. The molecule has 0 heterocycles. The smallest absolute Gasteiger partial charge is 0.205 e. The fourth-order valence-electron chi connectivity index (χ4n) is 1.17. The van der Waals surface area contributed by atoms with Gasteiger partial charge in [0, 0.05) is 5.56 Å². The van der Waals surface area contributed by atoms with Crippen LogP contribution < -0.4 is 0 Å². The lowest BCUT2D eigenvalue weighted by Gasteiger charge is -1.94. The molecule has 0 radical (unpaired) electrons. The second-order valence-corrected chi connectivity index (χ2v) is 2.46. The van der Waals surface area contributed by atoms with E-state index in [-0.39, 0.29) is 5.56 Å². The van der Waals surface area contributed by atoms with E-state index in [0.717, 1.165) is 17.5 Å². The van der Waals surface area contributed by atoms with Crippen LogP contribution in [0, 0.1) is 0 Å². The predicted octanol–water partition coefficient (Wildman–Crippen LogP) is 2.53. The Balaban J connectivity index is 2.46. The zero-order chi connectivity index (χ0) is 7.14. The second-order valence-electron chi connectivity index (χ2n) is 2.46. The highest BCUT2D eigenvalue weighted by Gasteiger charge is 2.24. The van der Waals surface area contributed by atoms with Crippen LogP contribution in [0.4, 0.5) is 8.78 Å². The van der Waals surface area contributed by atoms with Gasteiger partial charge in [-0.1, -0.05) is 18.2 Å². The molecule has 10 heavy (non-hydrogen) atoms. The Morgan fingerprint density at radius 3 is 2.70 bits per heavy atom. The highest BCUT2D eigenvalue weighted by Crippen LogP contribution is 2.36. The molecular formula is C8H6F2. The van der Waals surface area contributed by atoms with Gasteiger partial charge in [0.1, 0.15) is 0 Å². The molecule has 2 rings (SSSR count). The minimum atomic E-state index is -2.29. The van der Waals surface area contributed by atoms with Crippen LogP contribution in [0.3, 0.4) is 0 Å². The van der Waals surface area contributed by atoms with Crippen LogP contribution >= 0.6 is 0 Å². The third-order valence-electron chi connectivity index (χ3n) is 1.79. The van der Waals surface area contributed by atoms with Gasteiger partial charge in [-0.3, -0.25) is 0 Å². The normalized spacial score (nSPS) is 13.5. The number of hydrogen-bond acceptors (Lipinski definition) is 0. The molecule has 0 aliphatic heterocycles. The molecule has 0 nitrogen and oxygen atoms in total. The molecule has 1 aromatic carbocycles. The van der Waals surface area contributed by atoms with Crippen LogP contribution in [0.5, 0.6) is 0 Å². The molecule has 1 aromatic rings. The Morgan fingerprint density at radius 1 is 1.30 bits per heavy atom. The summed E-state index contributed by atoms with van der Waals surface area (Å²) in [5.41, 5.74) is 2.16. The molecule has 0 unspecified atom stereocenters. The molecule has 2 heteroatoms. The summed E-state index contributed by atoms with van der Waals surface area (Å²) in [7, 11) is 0. The molecule has 0 saturated heterocycles. The van der Waals surface area contributed by atoms with Gasteiger partial charge in [0.05, 0.1) is 0 Å². The van der Waals surface area contributed by atoms with Crippen molar-refractivity contribution in [1.29, 1.82) is 0 Å². The maximum absolute atomic E-state index is 12.1. The van der Waals surface area contributed by atoms with Crippen molar-refractivity contribution in [3.63, 3.8) is 0 Å². The van der Waals surface area contributed by atoms with Gasteiger partial charge in [-0.05, 0) is 17.5 Å². The summed E-state index contributed by atoms with van der Waals surface area (Å²) in [6.07, 6.45) is -1.52. The van der Waals surface area contributed by atoms with Crippen LogP contribution in [0.15, 0.2) is 18.2 Å². The largest absolute Gasteiger partial charge is 0.264 e. The van der Waals surface area contributed by atoms with E-state index >= 15 is 0 Å². The first kappa shape index (κ1) is 5.83. The van der Waals surface area contributed by atoms with Gasteiger partial charge in [-0.2, -0.15) is 0 Å².